The number of nitrogens with one attached hydrogen (secondary N) is 1. The van der Waals surface area contributed by atoms with Crippen molar-refractivity contribution in [3.8, 4) is 5.75 Å². The lowest BCUT2D eigenvalue weighted by atomic mass is 10.2. The number of pyridine rings is 1. The second kappa shape index (κ2) is 7.25. The Bertz CT molecular complexity index is 704. The molecule has 0 saturated carbocycles. The number of aryl methyl sites for hydroxylation is 1. The van der Waals surface area contributed by atoms with Crippen molar-refractivity contribution in [2.24, 2.45) is 0 Å². The van der Waals surface area contributed by atoms with Crippen LogP contribution in [0, 0.1) is 6.92 Å². The average Bonchev–Trinajstić information content (AvgIpc) is 3.03. The van der Waals surface area contributed by atoms with Gasteiger partial charge in [-0.2, -0.15) is 5.10 Å². The quantitative estimate of drug-likeness (QED) is 0.896. The zero-order valence-corrected chi connectivity index (χ0v) is 13.9. The normalized spacial score (nSPS) is 16.9. The molecular formula is C17H21N5O2. The fraction of sp³-hybridized carbons (Fsp3) is 0.412. The maximum Gasteiger partial charge on any atom is 0.217 e. The minimum absolute atomic E-state index is 0.0633. The lowest BCUT2D eigenvalue weighted by Gasteiger charge is -2.18. The standard InChI is InChI=1S/C17H21N5O2/c1-12-3-4-17(21-20-12)22-8-6-15(11-22)24-16-10-18-7-5-14(16)9-19-13(2)23/h3-5,7,10,15H,6,8-9,11H2,1-2H3,(H,19,23)/t15-/m0/s1. The fourth-order valence-corrected chi connectivity index (χ4v) is 2.65. The van der Waals surface area contributed by atoms with Gasteiger partial charge in [-0.3, -0.25) is 9.78 Å². The summed E-state index contributed by atoms with van der Waals surface area (Å²) in [5.74, 6) is 1.52. The van der Waals surface area contributed by atoms with Crippen molar-refractivity contribution in [2.45, 2.75) is 32.9 Å². The SMILES string of the molecule is CC(=O)NCc1ccncc1O[C@H]1CCN(c2ccc(C)nn2)C1. The van der Waals surface area contributed by atoms with Gasteiger partial charge in [0.2, 0.25) is 5.91 Å². The topological polar surface area (TPSA) is 80.2 Å². The van der Waals surface area contributed by atoms with Crippen LogP contribution in [-0.2, 0) is 11.3 Å². The first kappa shape index (κ1) is 16.2. The molecule has 1 fully saturated rings. The van der Waals surface area contributed by atoms with E-state index in [1.54, 1.807) is 12.4 Å². The molecule has 7 heteroatoms. The lowest BCUT2D eigenvalue weighted by Crippen LogP contribution is -2.26. The van der Waals surface area contributed by atoms with E-state index < -0.39 is 0 Å². The van der Waals surface area contributed by atoms with Gasteiger partial charge in [-0.25, -0.2) is 0 Å². The molecule has 3 heterocycles. The molecule has 0 spiro atoms. The van der Waals surface area contributed by atoms with Crippen LogP contribution in [0.4, 0.5) is 5.82 Å². The van der Waals surface area contributed by atoms with E-state index in [4.69, 9.17) is 4.74 Å². The molecule has 1 aliphatic heterocycles. The molecule has 1 saturated heterocycles. The molecule has 0 unspecified atom stereocenters. The van der Waals surface area contributed by atoms with Crippen molar-refractivity contribution in [1.29, 1.82) is 0 Å². The van der Waals surface area contributed by atoms with Crippen LogP contribution in [0.5, 0.6) is 5.75 Å². The molecule has 24 heavy (non-hydrogen) atoms. The zero-order valence-electron chi connectivity index (χ0n) is 13.9. The van der Waals surface area contributed by atoms with Gasteiger partial charge in [0.15, 0.2) is 5.82 Å². The van der Waals surface area contributed by atoms with Crippen molar-refractivity contribution in [1.82, 2.24) is 20.5 Å². The molecule has 0 radical (unpaired) electrons. The average molecular weight is 327 g/mol. The summed E-state index contributed by atoms with van der Waals surface area (Å²) in [4.78, 5) is 17.4. The predicted octanol–water partition coefficient (Wildman–Crippen LogP) is 1.47. The van der Waals surface area contributed by atoms with Crippen molar-refractivity contribution >= 4 is 11.7 Å². The van der Waals surface area contributed by atoms with E-state index in [0.29, 0.717) is 12.3 Å². The Morgan fingerprint density at radius 3 is 3.00 bits per heavy atom. The van der Waals surface area contributed by atoms with Crippen LogP contribution in [0.15, 0.2) is 30.6 Å². The molecule has 0 bridgehead atoms. The molecule has 1 amide bonds. The van der Waals surface area contributed by atoms with E-state index in [2.05, 4.69) is 25.4 Å². The second-order valence-corrected chi connectivity index (χ2v) is 5.90. The third kappa shape index (κ3) is 3.98. The summed E-state index contributed by atoms with van der Waals surface area (Å²) in [7, 11) is 0. The summed E-state index contributed by atoms with van der Waals surface area (Å²) < 4.78 is 6.11. The van der Waals surface area contributed by atoms with Gasteiger partial charge in [0.25, 0.3) is 0 Å². The molecular weight excluding hydrogens is 306 g/mol. The van der Waals surface area contributed by atoms with Crippen molar-refractivity contribution < 1.29 is 9.53 Å². The van der Waals surface area contributed by atoms with Gasteiger partial charge in [0.05, 0.1) is 18.4 Å². The number of nitrogens with zero attached hydrogens (tertiary/aromatic N) is 4. The maximum atomic E-state index is 11.1. The molecule has 0 aliphatic carbocycles. The summed E-state index contributed by atoms with van der Waals surface area (Å²) in [6.45, 7) is 5.49. The molecule has 1 aliphatic rings. The zero-order chi connectivity index (χ0) is 16.9. The molecule has 2 aromatic heterocycles. The lowest BCUT2D eigenvalue weighted by molar-refractivity contribution is -0.119. The Hall–Kier alpha value is -2.70. The number of carbonyl (C=O) groups is 1. The molecule has 3 rings (SSSR count). The van der Waals surface area contributed by atoms with E-state index >= 15 is 0 Å². The fourth-order valence-electron chi connectivity index (χ4n) is 2.65. The second-order valence-electron chi connectivity index (χ2n) is 5.90. The largest absolute Gasteiger partial charge is 0.487 e. The van der Waals surface area contributed by atoms with Gasteiger partial charge in [-0.05, 0) is 25.1 Å². The van der Waals surface area contributed by atoms with E-state index in [0.717, 1.165) is 36.6 Å². The Kier molecular flexibility index (Phi) is 4.88. The van der Waals surface area contributed by atoms with Crippen LogP contribution in [0.3, 0.4) is 0 Å². The van der Waals surface area contributed by atoms with Crippen molar-refractivity contribution in [2.75, 3.05) is 18.0 Å². The molecule has 0 aromatic carbocycles. The molecule has 2 aromatic rings. The number of amides is 1. The van der Waals surface area contributed by atoms with Crippen LogP contribution in [-0.4, -0.2) is 40.3 Å². The van der Waals surface area contributed by atoms with Gasteiger partial charge < -0.3 is 15.0 Å². The highest BCUT2D eigenvalue weighted by molar-refractivity contribution is 5.72. The van der Waals surface area contributed by atoms with E-state index in [-0.39, 0.29) is 12.0 Å². The van der Waals surface area contributed by atoms with Crippen LogP contribution in [0.25, 0.3) is 0 Å². The third-order valence-electron chi connectivity index (χ3n) is 3.94. The summed E-state index contributed by atoms with van der Waals surface area (Å²) in [6, 6.07) is 5.81. The number of rotatable bonds is 5. The number of aromatic nitrogens is 3. The van der Waals surface area contributed by atoms with E-state index in [1.807, 2.05) is 25.1 Å². The smallest absolute Gasteiger partial charge is 0.217 e. The van der Waals surface area contributed by atoms with Gasteiger partial charge in [0, 0.05) is 38.2 Å². The highest BCUT2D eigenvalue weighted by Gasteiger charge is 2.26. The Balaban J connectivity index is 1.63. The number of hydrogen-bond acceptors (Lipinski definition) is 6. The first-order valence-corrected chi connectivity index (χ1v) is 8.01. The van der Waals surface area contributed by atoms with Crippen LogP contribution >= 0.6 is 0 Å². The van der Waals surface area contributed by atoms with Crippen molar-refractivity contribution in [3.05, 3.63) is 41.9 Å². The molecule has 1 N–H and O–H groups in total. The third-order valence-corrected chi connectivity index (χ3v) is 3.94. The summed E-state index contributed by atoms with van der Waals surface area (Å²) >= 11 is 0. The van der Waals surface area contributed by atoms with Gasteiger partial charge in [-0.1, -0.05) is 0 Å². The summed E-state index contributed by atoms with van der Waals surface area (Å²) in [5, 5.41) is 11.1. The van der Waals surface area contributed by atoms with Crippen molar-refractivity contribution in [3.63, 3.8) is 0 Å². The number of hydrogen-bond donors (Lipinski definition) is 1. The number of anilines is 1. The predicted molar refractivity (Wildman–Crippen MR) is 89.8 cm³/mol. The van der Waals surface area contributed by atoms with Crippen LogP contribution < -0.4 is 15.0 Å². The van der Waals surface area contributed by atoms with Gasteiger partial charge in [0.1, 0.15) is 11.9 Å². The molecule has 126 valence electrons. The Labute approximate surface area is 141 Å². The van der Waals surface area contributed by atoms with E-state index in [1.165, 1.54) is 6.92 Å². The first-order chi connectivity index (χ1) is 11.6. The number of ether oxygens (including phenoxy) is 1. The summed E-state index contributed by atoms with van der Waals surface area (Å²) in [5.41, 5.74) is 1.83. The minimum atomic E-state index is -0.0669. The number of carbonyl (C=O) groups excluding carboxylic acids is 1. The maximum absolute atomic E-state index is 11.1. The molecule has 7 nitrogen and oxygen atoms in total. The van der Waals surface area contributed by atoms with Gasteiger partial charge in [-0.15, -0.1) is 5.10 Å². The highest BCUT2D eigenvalue weighted by Crippen LogP contribution is 2.24. The Morgan fingerprint density at radius 2 is 2.25 bits per heavy atom. The van der Waals surface area contributed by atoms with Crippen LogP contribution in [0.1, 0.15) is 24.6 Å². The Morgan fingerprint density at radius 1 is 1.38 bits per heavy atom. The highest BCUT2D eigenvalue weighted by atomic mass is 16.5. The minimum Gasteiger partial charge on any atom is -0.487 e. The van der Waals surface area contributed by atoms with Crippen LogP contribution in [0.2, 0.25) is 0 Å². The first-order valence-electron chi connectivity index (χ1n) is 8.01. The van der Waals surface area contributed by atoms with Gasteiger partial charge >= 0.3 is 0 Å². The van der Waals surface area contributed by atoms with E-state index in [9.17, 15) is 4.79 Å². The molecule has 1 atom stereocenters. The summed E-state index contributed by atoms with van der Waals surface area (Å²) in [6.07, 6.45) is 4.37. The monoisotopic (exact) mass is 327 g/mol.